The van der Waals surface area contributed by atoms with Gasteiger partial charge >= 0.3 is 0 Å². The molecule has 2 aromatic rings. The first-order valence-electron chi connectivity index (χ1n) is 10.2. The van der Waals surface area contributed by atoms with Crippen LogP contribution < -0.4 is 19.5 Å². The van der Waals surface area contributed by atoms with Gasteiger partial charge in [0.2, 0.25) is 0 Å². The van der Waals surface area contributed by atoms with Gasteiger partial charge in [-0.25, -0.2) is 0 Å². The highest BCUT2D eigenvalue weighted by molar-refractivity contribution is 5.95. The van der Waals surface area contributed by atoms with Gasteiger partial charge in [0.25, 0.3) is 5.91 Å². The van der Waals surface area contributed by atoms with Crippen molar-refractivity contribution in [3.63, 3.8) is 0 Å². The van der Waals surface area contributed by atoms with E-state index in [0.717, 1.165) is 31.7 Å². The summed E-state index contributed by atoms with van der Waals surface area (Å²) in [6, 6.07) is 15.3. The molecule has 0 atom stereocenters. The number of benzene rings is 2. The summed E-state index contributed by atoms with van der Waals surface area (Å²) in [5.74, 6) is 2.01. The van der Waals surface area contributed by atoms with Crippen molar-refractivity contribution in [1.82, 2.24) is 10.2 Å². The van der Waals surface area contributed by atoms with Gasteiger partial charge in [0.1, 0.15) is 19.0 Å². The number of rotatable bonds is 9. The number of amides is 1. The van der Waals surface area contributed by atoms with Crippen LogP contribution in [0.1, 0.15) is 30.1 Å². The highest BCUT2D eigenvalue weighted by Gasteiger charge is 2.23. The molecular weight excluding hydrogens is 404 g/mol. The molecule has 1 aliphatic rings. The molecule has 164 valence electrons. The molecule has 0 saturated carbocycles. The normalized spacial score (nSPS) is 13.8. The Morgan fingerprint density at radius 3 is 2.40 bits per heavy atom. The van der Waals surface area contributed by atoms with Gasteiger partial charge in [-0.15, -0.1) is 12.4 Å². The topological polar surface area (TPSA) is 60.0 Å². The number of nitrogens with one attached hydrogen (secondary N) is 1. The average molecular weight is 435 g/mol. The summed E-state index contributed by atoms with van der Waals surface area (Å²) in [7, 11) is 1.88. The zero-order valence-electron chi connectivity index (χ0n) is 17.6. The summed E-state index contributed by atoms with van der Waals surface area (Å²) in [5, 5.41) is 3.33. The molecule has 0 bridgehead atoms. The summed E-state index contributed by atoms with van der Waals surface area (Å²) >= 11 is 0. The molecule has 1 heterocycles. The number of hydrogen-bond acceptors (Lipinski definition) is 5. The number of piperidine rings is 1. The van der Waals surface area contributed by atoms with E-state index in [9.17, 15) is 4.79 Å². The highest BCUT2D eigenvalue weighted by atomic mass is 35.5. The molecule has 1 fully saturated rings. The maximum atomic E-state index is 12.9. The van der Waals surface area contributed by atoms with Gasteiger partial charge in [0.15, 0.2) is 11.5 Å². The van der Waals surface area contributed by atoms with Crippen LogP contribution in [0.15, 0.2) is 48.5 Å². The first-order valence-corrected chi connectivity index (χ1v) is 10.2. The summed E-state index contributed by atoms with van der Waals surface area (Å²) in [4.78, 5) is 14.8. The molecule has 1 amide bonds. The maximum Gasteiger partial charge on any atom is 0.253 e. The molecule has 0 radical (unpaired) electrons. The van der Waals surface area contributed by atoms with E-state index in [1.165, 1.54) is 0 Å². The molecule has 0 aromatic heterocycles. The minimum atomic E-state index is 0. The van der Waals surface area contributed by atoms with Gasteiger partial charge in [0.05, 0.1) is 6.61 Å². The minimum Gasteiger partial charge on any atom is -0.490 e. The second kappa shape index (κ2) is 12.3. The van der Waals surface area contributed by atoms with Crippen molar-refractivity contribution < 1.29 is 19.0 Å². The number of carbonyl (C=O) groups excluding carboxylic acids is 1. The maximum absolute atomic E-state index is 12.9. The van der Waals surface area contributed by atoms with E-state index < -0.39 is 0 Å². The molecule has 1 N–H and O–H groups in total. The van der Waals surface area contributed by atoms with Crippen LogP contribution in [-0.4, -0.2) is 56.8 Å². The fourth-order valence-electron chi connectivity index (χ4n) is 3.42. The van der Waals surface area contributed by atoms with Gasteiger partial charge in [-0.2, -0.15) is 0 Å². The monoisotopic (exact) mass is 434 g/mol. The Bertz CT molecular complexity index is 782. The van der Waals surface area contributed by atoms with Crippen LogP contribution in [0.2, 0.25) is 0 Å². The molecule has 3 rings (SSSR count). The zero-order valence-corrected chi connectivity index (χ0v) is 18.5. The number of ether oxygens (including phenoxy) is 3. The van der Waals surface area contributed by atoms with Gasteiger partial charge in [0, 0.05) is 18.7 Å². The van der Waals surface area contributed by atoms with Gasteiger partial charge in [-0.05, 0) is 63.2 Å². The Balaban J connectivity index is 0.00000320. The Hall–Kier alpha value is -2.44. The van der Waals surface area contributed by atoms with E-state index in [-0.39, 0.29) is 24.4 Å². The van der Waals surface area contributed by atoms with Crippen molar-refractivity contribution in [2.75, 3.05) is 40.0 Å². The van der Waals surface area contributed by atoms with Crippen LogP contribution in [0.4, 0.5) is 0 Å². The van der Waals surface area contributed by atoms with Crippen LogP contribution in [0.5, 0.6) is 17.2 Å². The van der Waals surface area contributed by atoms with E-state index in [1.807, 2.05) is 49.2 Å². The quantitative estimate of drug-likeness (QED) is 0.608. The van der Waals surface area contributed by atoms with Crippen molar-refractivity contribution in [2.45, 2.75) is 25.8 Å². The van der Waals surface area contributed by atoms with E-state index >= 15 is 0 Å². The summed E-state index contributed by atoms with van der Waals surface area (Å²) in [6.07, 6.45) is 1.95. The molecule has 2 aromatic carbocycles. The van der Waals surface area contributed by atoms with E-state index in [1.54, 1.807) is 18.2 Å². The third-order valence-electron chi connectivity index (χ3n) is 5.02. The third kappa shape index (κ3) is 6.54. The lowest BCUT2D eigenvalue weighted by Gasteiger charge is -2.31. The summed E-state index contributed by atoms with van der Waals surface area (Å²) < 4.78 is 17.2. The molecule has 0 aliphatic carbocycles. The Labute approximate surface area is 184 Å². The molecule has 6 nitrogen and oxygen atoms in total. The highest BCUT2D eigenvalue weighted by Crippen LogP contribution is 2.29. The Morgan fingerprint density at radius 2 is 1.70 bits per heavy atom. The standard InChI is InChI=1S/C23H30N2O4.ClH/c1-3-27-22-17-18(23(26)25(2)19-11-13-24-14-12-19)9-10-21(22)29-16-15-28-20-7-5-4-6-8-20;/h4-10,17,19,24H,3,11-16H2,1-2H3;1H. The first kappa shape index (κ1) is 23.8. The van der Waals surface area contributed by atoms with Gasteiger partial charge in [-0.1, -0.05) is 18.2 Å². The Morgan fingerprint density at radius 1 is 1.00 bits per heavy atom. The number of carbonyl (C=O) groups is 1. The van der Waals surface area contributed by atoms with E-state index in [2.05, 4.69) is 5.32 Å². The molecule has 0 unspecified atom stereocenters. The van der Waals surface area contributed by atoms with Gasteiger partial charge in [-0.3, -0.25) is 4.79 Å². The SMILES string of the molecule is CCOc1cc(C(=O)N(C)C2CCNCC2)ccc1OCCOc1ccccc1.Cl. The molecule has 1 saturated heterocycles. The predicted molar refractivity (Wildman–Crippen MR) is 120 cm³/mol. The van der Waals surface area contributed by atoms with Crippen molar-refractivity contribution in [1.29, 1.82) is 0 Å². The lowest BCUT2D eigenvalue weighted by molar-refractivity contribution is 0.0702. The van der Waals surface area contributed by atoms with Crippen molar-refractivity contribution in [3.8, 4) is 17.2 Å². The van der Waals surface area contributed by atoms with Crippen LogP contribution in [0.25, 0.3) is 0 Å². The molecule has 1 aliphatic heterocycles. The predicted octanol–water partition coefficient (Wildman–Crippen LogP) is 3.79. The number of nitrogens with zero attached hydrogens (tertiary/aromatic N) is 1. The molecule has 0 spiro atoms. The second-order valence-electron chi connectivity index (χ2n) is 7.00. The third-order valence-corrected chi connectivity index (χ3v) is 5.02. The lowest BCUT2D eigenvalue weighted by Crippen LogP contribution is -2.43. The summed E-state index contributed by atoms with van der Waals surface area (Å²) in [5.41, 5.74) is 0.613. The van der Waals surface area contributed by atoms with E-state index in [4.69, 9.17) is 14.2 Å². The Kier molecular flexibility index (Phi) is 9.77. The molecule has 30 heavy (non-hydrogen) atoms. The van der Waals surface area contributed by atoms with Gasteiger partial charge < -0.3 is 24.4 Å². The fraction of sp³-hybridized carbons (Fsp3) is 0.435. The first-order chi connectivity index (χ1) is 14.2. The summed E-state index contributed by atoms with van der Waals surface area (Å²) in [6.45, 7) is 5.12. The average Bonchev–Trinajstić information content (AvgIpc) is 2.78. The number of para-hydroxylation sites is 1. The van der Waals surface area contributed by atoms with Crippen LogP contribution in [0, 0.1) is 0 Å². The van der Waals surface area contributed by atoms with Crippen molar-refractivity contribution >= 4 is 18.3 Å². The zero-order chi connectivity index (χ0) is 20.5. The largest absolute Gasteiger partial charge is 0.490 e. The van der Waals surface area contributed by atoms with Crippen LogP contribution in [-0.2, 0) is 0 Å². The smallest absolute Gasteiger partial charge is 0.253 e. The number of halogens is 1. The van der Waals surface area contributed by atoms with Crippen molar-refractivity contribution in [2.24, 2.45) is 0 Å². The minimum absolute atomic E-state index is 0. The van der Waals surface area contributed by atoms with E-state index in [0.29, 0.717) is 36.9 Å². The van der Waals surface area contributed by atoms with Crippen LogP contribution in [0.3, 0.4) is 0 Å². The molecular formula is C23H31ClN2O4. The second-order valence-corrected chi connectivity index (χ2v) is 7.00. The van der Waals surface area contributed by atoms with Crippen molar-refractivity contribution in [3.05, 3.63) is 54.1 Å². The van der Waals surface area contributed by atoms with Crippen LogP contribution >= 0.6 is 12.4 Å². The fourth-order valence-corrected chi connectivity index (χ4v) is 3.42. The number of hydrogen-bond donors (Lipinski definition) is 1. The molecule has 7 heteroatoms. The lowest BCUT2D eigenvalue weighted by atomic mass is 10.0.